The lowest BCUT2D eigenvalue weighted by Crippen LogP contribution is -2.13. The maximum absolute atomic E-state index is 10.4. The maximum Gasteiger partial charge on any atom is 0.141 e. The Balaban J connectivity index is 1.67. The average Bonchev–Trinajstić information content (AvgIpc) is 2.85. The van der Waals surface area contributed by atoms with E-state index in [2.05, 4.69) is 31.2 Å². The fourth-order valence-electron chi connectivity index (χ4n) is 4.07. The van der Waals surface area contributed by atoms with Crippen molar-refractivity contribution in [3.63, 3.8) is 0 Å². The highest BCUT2D eigenvalue weighted by molar-refractivity contribution is 5.89. The van der Waals surface area contributed by atoms with E-state index in [-0.39, 0.29) is 11.5 Å². The zero-order valence-corrected chi connectivity index (χ0v) is 18.4. The Morgan fingerprint density at radius 1 is 0.667 bits per heavy atom. The number of pyridine rings is 2. The molecule has 0 radical (unpaired) electrons. The number of unbranched alkanes of at least 4 members (excludes halogenated alkanes) is 1. The second kappa shape index (κ2) is 8.79. The van der Waals surface area contributed by atoms with E-state index in [1.807, 2.05) is 41.3 Å². The molecule has 2 heterocycles. The zero-order chi connectivity index (χ0) is 22.8. The largest absolute Gasteiger partial charge is 0.506 e. The van der Waals surface area contributed by atoms with Crippen LogP contribution in [0.15, 0.2) is 84.9 Å². The number of aromatic nitrogens is 2. The molecular weight excluding hydrogens is 410 g/mol. The molecule has 5 aromatic rings. The summed E-state index contributed by atoms with van der Waals surface area (Å²) in [7, 11) is 0. The smallest absolute Gasteiger partial charge is 0.141 e. The number of aromatic hydroxyl groups is 2. The fraction of sp³-hybridized carbons (Fsp3) is 0.143. The van der Waals surface area contributed by atoms with Gasteiger partial charge in [0, 0.05) is 16.5 Å². The molecule has 2 N–H and O–H groups in total. The molecule has 0 atom stereocenters. The number of hydrogen-bond acceptors (Lipinski definition) is 5. The first kappa shape index (κ1) is 20.8. The Bertz CT molecular complexity index is 1350. The standard InChI is InChI=1S/C28H25N3O2/c1-2-3-6-19-11-15-22(16-12-19)31(25-17-13-20-7-4-9-23(32)27(20)29-25)26-18-14-21-8-5-10-24(33)28(21)30-26/h4-5,7-18,32-33H,2-3,6H2,1H3. The summed E-state index contributed by atoms with van der Waals surface area (Å²) < 4.78 is 0. The third-order valence-electron chi connectivity index (χ3n) is 5.84. The molecule has 0 saturated carbocycles. The Labute approximate surface area is 192 Å². The highest BCUT2D eigenvalue weighted by atomic mass is 16.3. The van der Waals surface area contributed by atoms with E-state index in [0.29, 0.717) is 22.7 Å². The molecule has 2 aromatic heterocycles. The van der Waals surface area contributed by atoms with Gasteiger partial charge in [-0.05, 0) is 66.9 Å². The summed E-state index contributed by atoms with van der Waals surface area (Å²) in [5.41, 5.74) is 3.25. The van der Waals surface area contributed by atoms with Crippen LogP contribution in [-0.2, 0) is 6.42 Å². The first-order valence-electron chi connectivity index (χ1n) is 11.2. The Morgan fingerprint density at radius 2 is 1.21 bits per heavy atom. The number of nitrogens with zero attached hydrogens (tertiary/aromatic N) is 3. The number of phenolic OH excluding ortho intramolecular Hbond substituents is 2. The Morgan fingerprint density at radius 3 is 1.73 bits per heavy atom. The topological polar surface area (TPSA) is 69.5 Å². The van der Waals surface area contributed by atoms with Gasteiger partial charge in [0.1, 0.15) is 34.2 Å². The highest BCUT2D eigenvalue weighted by Gasteiger charge is 2.17. The predicted molar refractivity (Wildman–Crippen MR) is 134 cm³/mol. The lowest BCUT2D eigenvalue weighted by atomic mass is 10.1. The Hall–Kier alpha value is -4.12. The van der Waals surface area contributed by atoms with Crippen molar-refractivity contribution >= 4 is 39.1 Å². The third-order valence-corrected chi connectivity index (χ3v) is 5.84. The van der Waals surface area contributed by atoms with Gasteiger partial charge < -0.3 is 10.2 Å². The van der Waals surface area contributed by atoms with Crippen molar-refractivity contribution in [3.05, 3.63) is 90.5 Å². The van der Waals surface area contributed by atoms with Crippen LogP contribution in [0.2, 0.25) is 0 Å². The van der Waals surface area contributed by atoms with E-state index in [1.54, 1.807) is 24.3 Å². The molecule has 0 saturated heterocycles. The normalized spacial score (nSPS) is 11.2. The molecule has 0 spiro atoms. The van der Waals surface area contributed by atoms with E-state index in [1.165, 1.54) is 5.56 Å². The van der Waals surface area contributed by atoms with Gasteiger partial charge in [-0.1, -0.05) is 49.7 Å². The monoisotopic (exact) mass is 435 g/mol. The van der Waals surface area contributed by atoms with Gasteiger partial charge in [-0.15, -0.1) is 0 Å². The summed E-state index contributed by atoms with van der Waals surface area (Å²) in [6.45, 7) is 2.19. The van der Waals surface area contributed by atoms with Gasteiger partial charge in [-0.3, -0.25) is 4.90 Å². The molecule has 0 aliphatic carbocycles. The van der Waals surface area contributed by atoms with Crippen LogP contribution in [0.4, 0.5) is 17.3 Å². The average molecular weight is 436 g/mol. The van der Waals surface area contributed by atoms with Crippen LogP contribution in [0.5, 0.6) is 11.5 Å². The first-order chi connectivity index (χ1) is 16.1. The molecular formula is C28H25N3O2. The van der Waals surface area contributed by atoms with Gasteiger partial charge in [0.05, 0.1) is 0 Å². The summed E-state index contributed by atoms with van der Waals surface area (Å²) in [5, 5.41) is 22.5. The molecule has 0 bridgehead atoms. The van der Waals surface area contributed by atoms with E-state index in [4.69, 9.17) is 9.97 Å². The molecule has 33 heavy (non-hydrogen) atoms. The number of phenols is 2. The number of anilines is 3. The third kappa shape index (κ3) is 4.05. The Kier molecular flexibility index (Phi) is 5.53. The molecule has 164 valence electrons. The van der Waals surface area contributed by atoms with Crippen molar-refractivity contribution in [2.45, 2.75) is 26.2 Å². The van der Waals surface area contributed by atoms with Crippen molar-refractivity contribution in [2.75, 3.05) is 4.90 Å². The first-order valence-corrected chi connectivity index (χ1v) is 11.2. The number of fused-ring (bicyclic) bond motifs is 2. The second-order valence-electron chi connectivity index (χ2n) is 8.14. The zero-order valence-electron chi connectivity index (χ0n) is 18.4. The van der Waals surface area contributed by atoms with E-state index < -0.39 is 0 Å². The van der Waals surface area contributed by atoms with Crippen LogP contribution < -0.4 is 4.90 Å². The molecule has 0 unspecified atom stereocenters. The van der Waals surface area contributed by atoms with Crippen molar-refractivity contribution < 1.29 is 10.2 Å². The minimum Gasteiger partial charge on any atom is -0.506 e. The van der Waals surface area contributed by atoms with Crippen molar-refractivity contribution in [1.82, 2.24) is 9.97 Å². The van der Waals surface area contributed by atoms with Crippen LogP contribution in [0, 0.1) is 0 Å². The molecule has 0 amide bonds. The molecule has 3 aromatic carbocycles. The number of para-hydroxylation sites is 2. The minimum absolute atomic E-state index is 0.133. The summed E-state index contributed by atoms with van der Waals surface area (Å²) in [6.07, 6.45) is 3.35. The molecule has 5 heteroatoms. The lowest BCUT2D eigenvalue weighted by Gasteiger charge is -2.24. The number of hydrogen-bond donors (Lipinski definition) is 2. The van der Waals surface area contributed by atoms with Gasteiger partial charge in [0.25, 0.3) is 0 Å². The van der Waals surface area contributed by atoms with E-state index in [0.717, 1.165) is 35.7 Å². The molecule has 5 rings (SSSR count). The van der Waals surface area contributed by atoms with Crippen LogP contribution in [-0.4, -0.2) is 20.2 Å². The maximum atomic E-state index is 10.4. The lowest BCUT2D eigenvalue weighted by molar-refractivity contribution is 0.480. The molecule has 0 aliphatic rings. The number of rotatable bonds is 6. The molecule has 0 aliphatic heterocycles. The summed E-state index contributed by atoms with van der Waals surface area (Å²) in [5.74, 6) is 1.53. The van der Waals surface area contributed by atoms with Crippen molar-refractivity contribution in [3.8, 4) is 11.5 Å². The van der Waals surface area contributed by atoms with Gasteiger partial charge in [0.2, 0.25) is 0 Å². The molecule has 5 nitrogen and oxygen atoms in total. The van der Waals surface area contributed by atoms with Crippen LogP contribution in [0.25, 0.3) is 21.8 Å². The van der Waals surface area contributed by atoms with Crippen LogP contribution in [0.1, 0.15) is 25.3 Å². The summed E-state index contributed by atoms with van der Waals surface area (Å²) in [4.78, 5) is 11.5. The summed E-state index contributed by atoms with van der Waals surface area (Å²) in [6, 6.07) is 26.9. The van der Waals surface area contributed by atoms with Gasteiger partial charge in [0.15, 0.2) is 0 Å². The SMILES string of the molecule is CCCCc1ccc(N(c2ccc3cccc(O)c3n2)c2ccc3cccc(O)c3n2)cc1. The van der Waals surface area contributed by atoms with Gasteiger partial charge in [-0.2, -0.15) is 0 Å². The number of benzene rings is 3. The molecule has 0 fully saturated rings. The predicted octanol–water partition coefficient (Wildman–Crippen LogP) is 7.01. The minimum atomic E-state index is 0.133. The van der Waals surface area contributed by atoms with Gasteiger partial charge >= 0.3 is 0 Å². The van der Waals surface area contributed by atoms with E-state index >= 15 is 0 Å². The number of aryl methyl sites for hydroxylation is 1. The highest BCUT2D eigenvalue weighted by Crippen LogP contribution is 2.36. The van der Waals surface area contributed by atoms with Crippen molar-refractivity contribution in [1.29, 1.82) is 0 Å². The van der Waals surface area contributed by atoms with E-state index in [9.17, 15) is 10.2 Å². The summed E-state index contributed by atoms with van der Waals surface area (Å²) >= 11 is 0. The van der Waals surface area contributed by atoms with Gasteiger partial charge in [-0.25, -0.2) is 9.97 Å². The van der Waals surface area contributed by atoms with Crippen LogP contribution >= 0.6 is 0 Å². The fourth-order valence-corrected chi connectivity index (χ4v) is 4.07. The quantitative estimate of drug-likeness (QED) is 0.300. The second-order valence-corrected chi connectivity index (χ2v) is 8.14. The van der Waals surface area contributed by atoms with Crippen molar-refractivity contribution in [2.24, 2.45) is 0 Å². The van der Waals surface area contributed by atoms with Crippen LogP contribution in [0.3, 0.4) is 0 Å².